The van der Waals surface area contributed by atoms with Gasteiger partial charge in [0.25, 0.3) is 0 Å². The van der Waals surface area contributed by atoms with Gasteiger partial charge in [-0.05, 0) is 24.0 Å². The SMILES string of the molecule is CCN(C)C(=O)OCc1ccc(C(C)C)cc1. The molecule has 0 aliphatic carbocycles. The van der Waals surface area contributed by atoms with Crippen molar-refractivity contribution >= 4 is 6.09 Å². The molecule has 3 heteroatoms. The van der Waals surface area contributed by atoms with Crippen LogP contribution in [0.15, 0.2) is 24.3 Å². The van der Waals surface area contributed by atoms with Gasteiger partial charge in [-0.3, -0.25) is 0 Å². The van der Waals surface area contributed by atoms with Gasteiger partial charge in [-0.25, -0.2) is 4.79 Å². The third-order valence-corrected chi connectivity index (χ3v) is 2.79. The van der Waals surface area contributed by atoms with E-state index in [4.69, 9.17) is 4.74 Å². The van der Waals surface area contributed by atoms with Crippen LogP contribution >= 0.6 is 0 Å². The Balaban J connectivity index is 2.50. The Morgan fingerprint density at radius 3 is 2.35 bits per heavy atom. The van der Waals surface area contributed by atoms with Crippen molar-refractivity contribution in [2.45, 2.75) is 33.3 Å². The van der Waals surface area contributed by atoms with E-state index < -0.39 is 0 Å². The summed E-state index contributed by atoms with van der Waals surface area (Å²) in [5, 5.41) is 0. The highest BCUT2D eigenvalue weighted by Crippen LogP contribution is 2.15. The van der Waals surface area contributed by atoms with E-state index in [2.05, 4.69) is 26.0 Å². The zero-order chi connectivity index (χ0) is 12.8. The Kier molecular flexibility index (Phi) is 5.01. The third kappa shape index (κ3) is 4.10. The van der Waals surface area contributed by atoms with E-state index in [1.54, 1.807) is 11.9 Å². The number of ether oxygens (including phenoxy) is 1. The number of hydrogen-bond donors (Lipinski definition) is 0. The summed E-state index contributed by atoms with van der Waals surface area (Å²) in [5.74, 6) is 0.526. The molecule has 0 unspecified atom stereocenters. The second-order valence-corrected chi connectivity index (χ2v) is 4.47. The predicted octanol–water partition coefficient (Wildman–Crippen LogP) is 3.40. The van der Waals surface area contributed by atoms with Gasteiger partial charge < -0.3 is 9.64 Å². The van der Waals surface area contributed by atoms with Crippen LogP contribution in [0.1, 0.15) is 37.8 Å². The Labute approximate surface area is 103 Å². The van der Waals surface area contributed by atoms with Crippen LogP contribution in [0.5, 0.6) is 0 Å². The van der Waals surface area contributed by atoms with Crippen LogP contribution in [-0.2, 0) is 11.3 Å². The van der Waals surface area contributed by atoms with Gasteiger partial charge in [0.2, 0.25) is 0 Å². The second kappa shape index (κ2) is 6.28. The molecule has 17 heavy (non-hydrogen) atoms. The summed E-state index contributed by atoms with van der Waals surface area (Å²) in [4.78, 5) is 13.0. The zero-order valence-corrected chi connectivity index (χ0v) is 11.1. The van der Waals surface area contributed by atoms with E-state index in [0.717, 1.165) is 5.56 Å². The minimum Gasteiger partial charge on any atom is -0.445 e. The first-order chi connectivity index (χ1) is 8.04. The highest BCUT2D eigenvalue weighted by atomic mass is 16.6. The lowest BCUT2D eigenvalue weighted by Gasteiger charge is -2.14. The lowest BCUT2D eigenvalue weighted by Crippen LogP contribution is -2.26. The molecule has 0 aliphatic heterocycles. The Hall–Kier alpha value is -1.51. The van der Waals surface area contributed by atoms with Crippen LogP contribution in [0.4, 0.5) is 4.79 Å². The van der Waals surface area contributed by atoms with E-state index in [9.17, 15) is 4.79 Å². The summed E-state index contributed by atoms with van der Waals surface area (Å²) in [6, 6.07) is 8.18. The maximum Gasteiger partial charge on any atom is 0.409 e. The zero-order valence-electron chi connectivity index (χ0n) is 11.1. The molecule has 0 radical (unpaired) electrons. The summed E-state index contributed by atoms with van der Waals surface area (Å²) < 4.78 is 5.17. The molecule has 0 spiro atoms. The summed E-state index contributed by atoms with van der Waals surface area (Å²) in [6.45, 7) is 7.22. The van der Waals surface area contributed by atoms with Gasteiger partial charge in [0.1, 0.15) is 6.61 Å². The number of rotatable bonds is 4. The molecule has 94 valence electrons. The van der Waals surface area contributed by atoms with Crippen molar-refractivity contribution in [1.82, 2.24) is 4.90 Å². The minimum absolute atomic E-state index is 0.277. The molecule has 0 N–H and O–H groups in total. The summed E-state index contributed by atoms with van der Waals surface area (Å²) in [6.07, 6.45) is -0.277. The maximum atomic E-state index is 11.4. The van der Waals surface area contributed by atoms with Crippen molar-refractivity contribution in [2.75, 3.05) is 13.6 Å². The van der Waals surface area contributed by atoms with E-state index >= 15 is 0 Å². The lowest BCUT2D eigenvalue weighted by molar-refractivity contribution is 0.106. The van der Waals surface area contributed by atoms with Gasteiger partial charge in [0.15, 0.2) is 0 Å². The lowest BCUT2D eigenvalue weighted by atomic mass is 10.0. The molecular formula is C14H21NO2. The fraction of sp³-hybridized carbons (Fsp3) is 0.500. The number of hydrogen-bond acceptors (Lipinski definition) is 2. The highest BCUT2D eigenvalue weighted by molar-refractivity contribution is 5.67. The molecule has 1 aromatic rings. The van der Waals surface area contributed by atoms with Crippen LogP contribution in [0.2, 0.25) is 0 Å². The minimum atomic E-state index is -0.277. The molecule has 0 aromatic heterocycles. The molecule has 3 nitrogen and oxygen atoms in total. The number of amides is 1. The first kappa shape index (κ1) is 13.6. The average Bonchev–Trinajstić information content (AvgIpc) is 2.35. The Morgan fingerprint density at radius 2 is 1.88 bits per heavy atom. The molecule has 0 fully saturated rings. The number of nitrogens with zero attached hydrogens (tertiary/aromatic N) is 1. The maximum absolute atomic E-state index is 11.4. The normalized spacial score (nSPS) is 10.4. The van der Waals surface area contributed by atoms with Crippen LogP contribution in [-0.4, -0.2) is 24.6 Å². The fourth-order valence-corrected chi connectivity index (χ4v) is 1.38. The van der Waals surface area contributed by atoms with Gasteiger partial charge in [0.05, 0.1) is 0 Å². The van der Waals surface area contributed by atoms with Crippen molar-refractivity contribution < 1.29 is 9.53 Å². The molecule has 0 atom stereocenters. The number of carbonyl (C=O) groups excluding carboxylic acids is 1. The molecule has 1 amide bonds. The van der Waals surface area contributed by atoms with Gasteiger partial charge in [-0.1, -0.05) is 38.1 Å². The van der Waals surface area contributed by atoms with Crippen molar-refractivity contribution in [3.8, 4) is 0 Å². The molecule has 0 saturated heterocycles. The first-order valence-electron chi connectivity index (χ1n) is 6.01. The van der Waals surface area contributed by atoms with Crippen molar-refractivity contribution in [3.63, 3.8) is 0 Å². The predicted molar refractivity (Wildman–Crippen MR) is 69.0 cm³/mol. The molecular weight excluding hydrogens is 214 g/mol. The quantitative estimate of drug-likeness (QED) is 0.800. The molecule has 0 heterocycles. The largest absolute Gasteiger partial charge is 0.445 e. The van der Waals surface area contributed by atoms with Crippen LogP contribution < -0.4 is 0 Å². The molecule has 1 aromatic carbocycles. The van der Waals surface area contributed by atoms with Crippen molar-refractivity contribution in [3.05, 3.63) is 35.4 Å². The summed E-state index contributed by atoms with van der Waals surface area (Å²) in [7, 11) is 1.73. The van der Waals surface area contributed by atoms with Gasteiger partial charge in [-0.15, -0.1) is 0 Å². The third-order valence-electron chi connectivity index (χ3n) is 2.79. The number of benzene rings is 1. The standard InChI is InChI=1S/C14H21NO2/c1-5-15(4)14(16)17-10-12-6-8-13(9-7-12)11(2)3/h6-9,11H,5,10H2,1-4H3. The Morgan fingerprint density at radius 1 is 1.29 bits per heavy atom. The molecule has 0 aliphatic rings. The van der Waals surface area contributed by atoms with Gasteiger partial charge in [-0.2, -0.15) is 0 Å². The topological polar surface area (TPSA) is 29.5 Å². The summed E-state index contributed by atoms with van der Waals surface area (Å²) in [5.41, 5.74) is 2.32. The molecule has 0 saturated carbocycles. The van der Waals surface area contributed by atoms with Gasteiger partial charge in [0, 0.05) is 13.6 Å². The summed E-state index contributed by atoms with van der Waals surface area (Å²) >= 11 is 0. The van der Waals surface area contributed by atoms with Crippen molar-refractivity contribution in [1.29, 1.82) is 0 Å². The van der Waals surface area contributed by atoms with E-state index in [0.29, 0.717) is 19.1 Å². The smallest absolute Gasteiger partial charge is 0.409 e. The highest BCUT2D eigenvalue weighted by Gasteiger charge is 2.07. The van der Waals surface area contributed by atoms with Crippen LogP contribution in [0.3, 0.4) is 0 Å². The molecule has 0 bridgehead atoms. The van der Waals surface area contributed by atoms with E-state index in [1.807, 2.05) is 19.1 Å². The second-order valence-electron chi connectivity index (χ2n) is 4.47. The molecule has 1 rings (SSSR count). The van der Waals surface area contributed by atoms with E-state index in [1.165, 1.54) is 5.56 Å². The Bertz CT molecular complexity index is 357. The van der Waals surface area contributed by atoms with Gasteiger partial charge >= 0.3 is 6.09 Å². The number of carbonyl (C=O) groups is 1. The monoisotopic (exact) mass is 235 g/mol. The van der Waals surface area contributed by atoms with E-state index in [-0.39, 0.29) is 6.09 Å². The average molecular weight is 235 g/mol. The first-order valence-corrected chi connectivity index (χ1v) is 6.01. The van der Waals surface area contributed by atoms with Crippen LogP contribution in [0, 0.1) is 0 Å². The van der Waals surface area contributed by atoms with Crippen LogP contribution in [0.25, 0.3) is 0 Å². The fourth-order valence-electron chi connectivity index (χ4n) is 1.38. The van der Waals surface area contributed by atoms with Crippen molar-refractivity contribution in [2.24, 2.45) is 0 Å².